The van der Waals surface area contributed by atoms with Crippen LogP contribution in [0.3, 0.4) is 0 Å². The molecule has 3 rings (SSSR count). The fraction of sp³-hybridized carbons (Fsp3) is 0.455. The molecule has 1 aliphatic rings. The summed E-state index contributed by atoms with van der Waals surface area (Å²) in [5.74, 6) is 0.115. The molecule has 0 spiro atoms. The molecule has 10 heteroatoms. The SMILES string of the molecule is O=S(=O)(c1[nH]ncc1CCl)N1CCN(c2nccs2)CC1. The van der Waals surface area contributed by atoms with E-state index in [9.17, 15) is 8.42 Å². The third kappa shape index (κ3) is 2.78. The van der Waals surface area contributed by atoms with Gasteiger partial charge in [0, 0.05) is 43.3 Å². The first-order valence-electron chi connectivity index (χ1n) is 6.35. The zero-order valence-corrected chi connectivity index (χ0v) is 13.5. The van der Waals surface area contributed by atoms with Crippen molar-refractivity contribution in [3.05, 3.63) is 23.3 Å². The number of piperazine rings is 1. The van der Waals surface area contributed by atoms with Crippen LogP contribution < -0.4 is 4.90 Å². The lowest BCUT2D eigenvalue weighted by Gasteiger charge is -2.33. The van der Waals surface area contributed by atoms with E-state index in [1.54, 1.807) is 17.5 Å². The minimum atomic E-state index is -3.57. The van der Waals surface area contributed by atoms with E-state index in [0.29, 0.717) is 31.7 Å². The van der Waals surface area contributed by atoms with Crippen LogP contribution >= 0.6 is 22.9 Å². The molecule has 0 aliphatic carbocycles. The Balaban J connectivity index is 1.74. The number of alkyl halides is 1. The minimum absolute atomic E-state index is 0.0974. The van der Waals surface area contributed by atoms with Crippen LogP contribution in [-0.2, 0) is 15.9 Å². The van der Waals surface area contributed by atoms with Crippen molar-refractivity contribution in [1.82, 2.24) is 19.5 Å². The molecule has 1 saturated heterocycles. The number of hydrogen-bond acceptors (Lipinski definition) is 6. The normalized spacial score (nSPS) is 17.3. The Kier molecular flexibility index (Phi) is 4.16. The van der Waals surface area contributed by atoms with Crippen LogP contribution in [-0.4, -0.2) is 54.1 Å². The van der Waals surface area contributed by atoms with Gasteiger partial charge in [-0.25, -0.2) is 13.4 Å². The van der Waals surface area contributed by atoms with E-state index in [4.69, 9.17) is 11.6 Å². The monoisotopic (exact) mass is 347 g/mol. The van der Waals surface area contributed by atoms with Crippen LogP contribution in [0.4, 0.5) is 5.13 Å². The molecule has 1 fully saturated rings. The lowest BCUT2D eigenvalue weighted by atomic mass is 10.4. The smallest absolute Gasteiger partial charge is 0.260 e. The molecule has 3 heterocycles. The number of anilines is 1. The van der Waals surface area contributed by atoms with Gasteiger partial charge in [-0.15, -0.1) is 22.9 Å². The molecule has 114 valence electrons. The topological polar surface area (TPSA) is 82.2 Å². The summed E-state index contributed by atoms with van der Waals surface area (Å²) in [6, 6.07) is 0. The van der Waals surface area contributed by atoms with Crippen LogP contribution in [0.1, 0.15) is 5.56 Å². The lowest BCUT2D eigenvalue weighted by Crippen LogP contribution is -2.48. The van der Waals surface area contributed by atoms with Gasteiger partial charge in [0.05, 0.1) is 12.1 Å². The first-order valence-corrected chi connectivity index (χ1v) is 9.21. The van der Waals surface area contributed by atoms with Crippen molar-refractivity contribution in [2.75, 3.05) is 31.1 Å². The summed E-state index contributed by atoms with van der Waals surface area (Å²) in [5, 5.41) is 9.26. The Morgan fingerprint density at radius 3 is 2.71 bits per heavy atom. The summed E-state index contributed by atoms with van der Waals surface area (Å²) in [6.07, 6.45) is 3.20. The predicted octanol–water partition coefficient (Wildman–Crippen LogP) is 1.12. The fourth-order valence-electron chi connectivity index (χ4n) is 2.24. The summed E-state index contributed by atoms with van der Waals surface area (Å²) in [4.78, 5) is 6.34. The molecule has 1 aliphatic heterocycles. The van der Waals surface area contributed by atoms with Crippen LogP contribution in [0.2, 0.25) is 0 Å². The van der Waals surface area contributed by atoms with Crippen molar-refractivity contribution in [3.8, 4) is 0 Å². The molecule has 21 heavy (non-hydrogen) atoms. The van der Waals surface area contributed by atoms with Crippen molar-refractivity contribution in [2.24, 2.45) is 0 Å². The molecule has 7 nitrogen and oxygen atoms in total. The summed E-state index contributed by atoms with van der Waals surface area (Å²) in [5.41, 5.74) is 0.499. The average Bonchev–Trinajstić information content (AvgIpc) is 3.18. The molecule has 0 aromatic carbocycles. The van der Waals surface area contributed by atoms with E-state index in [0.717, 1.165) is 5.13 Å². The number of halogens is 1. The van der Waals surface area contributed by atoms with E-state index in [1.807, 2.05) is 5.38 Å². The van der Waals surface area contributed by atoms with Gasteiger partial charge in [0.1, 0.15) is 0 Å². The molecular weight excluding hydrogens is 334 g/mol. The second kappa shape index (κ2) is 5.91. The summed E-state index contributed by atoms with van der Waals surface area (Å²) < 4.78 is 26.6. The first kappa shape index (κ1) is 14.8. The van der Waals surface area contributed by atoms with Gasteiger partial charge >= 0.3 is 0 Å². The van der Waals surface area contributed by atoms with Gasteiger partial charge in [-0.2, -0.15) is 9.40 Å². The first-order chi connectivity index (χ1) is 10.1. The highest BCUT2D eigenvalue weighted by Gasteiger charge is 2.31. The molecule has 0 saturated carbocycles. The Bertz CT molecular complexity index is 692. The molecule has 0 amide bonds. The van der Waals surface area contributed by atoms with Gasteiger partial charge in [0.25, 0.3) is 10.0 Å². The molecule has 0 atom stereocenters. The molecule has 1 N–H and O–H groups in total. The van der Waals surface area contributed by atoms with Crippen LogP contribution in [0.15, 0.2) is 22.8 Å². The Morgan fingerprint density at radius 1 is 1.33 bits per heavy atom. The minimum Gasteiger partial charge on any atom is -0.345 e. The highest BCUT2D eigenvalue weighted by Crippen LogP contribution is 2.23. The second-order valence-electron chi connectivity index (χ2n) is 4.56. The van der Waals surface area contributed by atoms with Gasteiger partial charge in [0.15, 0.2) is 10.2 Å². The quantitative estimate of drug-likeness (QED) is 0.838. The Labute approximate surface area is 131 Å². The number of H-pyrrole nitrogens is 1. The number of aromatic nitrogens is 3. The maximum absolute atomic E-state index is 12.6. The standard InChI is InChI=1S/C11H14ClN5O2S2/c12-7-9-8-14-15-10(9)21(18,19)17-4-2-16(3-5-17)11-13-1-6-20-11/h1,6,8H,2-5,7H2,(H,14,15). The van der Waals surface area contributed by atoms with E-state index in [1.165, 1.54) is 10.5 Å². The zero-order valence-electron chi connectivity index (χ0n) is 11.1. The highest BCUT2D eigenvalue weighted by atomic mass is 35.5. The number of rotatable bonds is 4. The average molecular weight is 348 g/mol. The van der Waals surface area contributed by atoms with Gasteiger partial charge in [0.2, 0.25) is 0 Å². The van der Waals surface area contributed by atoms with Crippen molar-refractivity contribution >= 4 is 38.1 Å². The van der Waals surface area contributed by atoms with E-state index < -0.39 is 10.0 Å². The number of aromatic amines is 1. The fourth-order valence-corrected chi connectivity index (χ4v) is 4.74. The maximum Gasteiger partial charge on any atom is 0.260 e. The summed E-state index contributed by atoms with van der Waals surface area (Å²) >= 11 is 7.31. The summed E-state index contributed by atoms with van der Waals surface area (Å²) in [7, 11) is -3.57. The maximum atomic E-state index is 12.6. The van der Waals surface area contributed by atoms with E-state index >= 15 is 0 Å². The van der Waals surface area contributed by atoms with Gasteiger partial charge in [-0.05, 0) is 0 Å². The summed E-state index contributed by atoms with van der Waals surface area (Å²) in [6.45, 7) is 2.08. The van der Waals surface area contributed by atoms with Crippen LogP contribution in [0.5, 0.6) is 0 Å². The number of hydrogen-bond donors (Lipinski definition) is 1. The number of nitrogens with one attached hydrogen (secondary N) is 1. The molecule has 2 aromatic heterocycles. The third-order valence-corrected chi connectivity index (χ3v) is 6.38. The molecule has 0 radical (unpaired) electrons. The third-order valence-electron chi connectivity index (χ3n) is 3.35. The molecular formula is C11H14ClN5O2S2. The Morgan fingerprint density at radius 2 is 2.10 bits per heavy atom. The second-order valence-corrected chi connectivity index (χ2v) is 7.58. The van der Waals surface area contributed by atoms with Gasteiger partial charge < -0.3 is 4.90 Å². The van der Waals surface area contributed by atoms with Crippen molar-refractivity contribution in [3.63, 3.8) is 0 Å². The molecule has 2 aromatic rings. The van der Waals surface area contributed by atoms with Gasteiger partial charge in [-0.1, -0.05) is 0 Å². The molecule has 0 bridgehead atoms. The highest BCUT2D eigenvalue weighted by molar-refractivity contribution is 7.89. The Hall–Kier alpha value is -1.16. The van der Waals surface area contributed by atoms with Crippen molar-refractivity contribution in [1.29, 1.82) is 0 Å². The van der Waals surface area contributed by atoms with Gasteiger partial charge in [-0.3, -0.25) is 5.10 Å². The van der Waals surface area contributed by atoms with E-state index in [2.05, 4.69) is 20.1 Å². The number of sulfonamides is 1. The van der Waals surface area contributed by atoms with E-state index in [-0.39, 0.29) is 10.9 Å². The van der Waals surface area contributed by atoms with Crippen LogP contribution in [0.25, 0.3) is 0 Å². The zero-order chi connectivity index (χ0) is 14.9. The lowest BCUT2D eigenvalue weighted by molar-refractivity contribution is 0.383. The van der Waals surface area contributed by atoms with Crippen molar-refractivity contribution < 1.29 is 8.42 Å². The van der Waals surface area contributed by atoms with Crippen LogP contribution in [0, 0.1) is 0 Å². The molecule has 0 unspecified atom stereocenters. The predicted molar refractivity (Wildman–Crippen MR) is 81.2 cm³/mol. The largest absolute Gasteiger partial charge is 0.345 e. The number of thiazole rings is 1. The number of nitrogens with zero attached hydrogens (tertiary/aromatic N) is 4. The van der Waals surface area contributed by atoms with Crippen molar-refractivity contribution in [2.45, 2.75) is 10.9 Å².